The van der Waals surface area contributed by atoms with Gasteiger partial charge in [-0.25, -0.2) is 0 Å². The molecule has 1 heterocycles. The van der Waals surface area contributed by atoms with Crippen molar-refractivity contribution in [2.45, 2.75) is 84.2 Å². The number of rotatable bonds is 2. The van der Waals surface area contributed by atoms with Crippen LogP contribution in [0.3, 0.4) is 0 Å². The molecule has 0 aromatic carbocycles. The molecular weight excluding hydrogens is 348 g/mol. The lowest BCUT2D eigenvalue weighted by Crippen LogP contribution is -2.50. The van der Waals surface area contributed by atoms with Gasteiger partial charge in [0.05, 0.1) is 5.71 Å². The van der Waals surface area contributed by atoms with Crippen LogP contribution in [0.2, 0.25) is 0 Å². The van der Waals surface area contributed by atoms with E-state index in [0.717, 1.165) is 69.2 Å². The lowest BCUT2D eigenvalue weighted by atomic mass is 9.47. The summed E-state index contributed by atoms with van der Waals surface area (Å²) in [6.07, 6.45) is 13.8. The Labute approximate surface area is 169 Å². The van der Waals surface area contributed by atoms with Crippen molar-refractivity contribution < 1.29 is 9.63 Å². The number of fused-ring (bicyclic) bond motifs is 5. The number of hydrogen-bond acceptors (Lipinski definition) is 4. The highest BCUT2D eigenvalue weighted by atomic mass is 16.6. The summed E-state index contributed by atoms with van der Waals surface area (Å²) in [5.74, 6) is 2.69. The molecule has 0 aromatic heterocycles. The Morgan fingerprint density at radius 1 is 0.964 bits per heavy atom. The average Bonchev–Trinajstić information content (AvgIpc) is 3.02. The van der Waals surface area contributed by atoms with E-state index in [-0.39, 0.29) is 11.5 Å². The van der Waals surface area contributed by atoms with E-state index in [2.05, 4.69) is 30.4 Å². The summed E-state index contributed by atoms with van der Waals surface area (Å²) in [6, 6.07) is 0. The second kappa shape index (κ2) is 6.97. The van der Waals surface area contributed by atoms with E-state index in [1.165, 1.54) is 25.7 Å². The van der Waals surface area contributed by atoms with Crippen molar-refractivity contribution in [2.24, 2.45) is 33.7 Å². The largest absolute Gasteiger partial charge is 0.392 e. The number of nitrogens with zero attached hydrogens (tertiary/aromatic N) is 1. The van der Waals surface area contributed by atoms with Crippen LogP contribution in [0.1, 0.15) is 78.1 Å². The van der Waals surface area contributed by atoms with Gasteiger partial charge < -0.3 is 10.2 Å². The molecule has 1 aliphatic heterocycles. The van der Waals surface area contributed by atoms with Gasteiger partial charge in [0, 0.05) is 11.8 Å². The number of carbonyl (C=O) groups is 1. The predicted octanol–water partition coefficient (Wildman–Crippen LogP) is 4.64. The van der Waals surface area contributed by atoms with Crippen LogP contribution in [0.25, 0.3) is 0 Å². The van der Waals surface area contributed by atoms with E-state index in [4.69, 9.17) is 4.84 Å². The van der Waals surface area contributed by atoms with Crippen molar-refractivity contribution >= 4 is 11.5 Å². The first-order chi connectivity index (χ1) is 13.5. The van der Waals surface area contributed by atoms with Crippen LogP contribution in [0.4, 0.5) is 0 Å². The van der Waals surface area contributed by atoms with Crippen LogP contribution in [0, 0.1) is 28.6 Å². The first-order valence-corrected chi connectivity index (χ1v) is 11.7. The van der Waals surface area contributed by atoms with E-state index in [1.54, 1.807) is 5.57 Å². The molecule has 4 heteroatoms. The first kappa shape index (κ1) is 18.8. The number of Topliss-reactive ketones (excluding diaryl/α,β-unsaturated/α-hetero) is 1. The lowest BCUT2D eigenvalue weighted by Gasteiger charge is -2.57. The van der Waals surface area contributed by atoms with E-state index in [1.807, 2.05) is 0 Å². The van der Waals surface area contributed by atoms with Crippen LogP contribution in [-0.2, 0) is 9.63 Å². The Kier molecular flexibility index (Phi) is 4.69. The molecule has 28 heavy (non-hydrogen) atoms. The zero-order valence-corrected chi connectivity index (χ0v) is 17.6. The molecule has 1 saturated heterocycles. The van der Waals surface area contributed by atoms with Gasteiger partial charge in [-0.3, -0.25) is 4.79 Å². The van der Waals surface area contributed by atoms with Gasteiger partial charge in [0.15, 0.2) is 0 Å². The van der Waals surface area contributed by atoms with Crippen molar-refractivity contribution in [3.63, 3.8) is 0 Å². The molecule has 4 fully saturated rings. The summed E-state index contributed by atoms with van der Waals surface area (Å²) in [6.45, 7) is 6.88. The number of carbonyl (C=O) groups excluding carboxylic acids is 1. The minimum Gasteiger partial charge on any atom is -0.392 e. The molecule has 154 valence electrons. The van der Waals surface area contributed by atoms with Crippen molar-refractivity contribution in [2.75, 3.05) is 13.1 Å². The normalized spacial score (nSPS) is 45.2. The quantitative estimate of drug-likeness (QED) is 0.706. The summed E-state index contributed by atoms with van der Waals surface area (Å²) in [5.41, 5.74) is 3.06. The molecule has 5 aliphatic rings. The van der Waals surface area contributed by atoms with Gasteiger partial charge in [0.2, 0.25) is 0 Å². The Morgan fingerprint density at radius 2 is 1.75 bits per heavy atom. The molecular formula is C24H36N2O2. The van der Waals surface area contributed by atoms with E-state index in [0.29, 0.717) is 17.1 Å². The van der Waals surface area contributed by atoms with Gasteiger partial charge in [0.1, 0.15) is 11.9 Å². The first-order valence-electron chi connectivity index (χ1n) is 11.7. The highest BCUT2D eigenvalue weighted by Crippen LogP contribution is 2.64. The summed E-state index contributed by atoms with van der Waals surface area (Å²) >= 11 is 0. The van der Waals surface area contributed by atoms with Crippen LogP contribution in [-0.4, -0.2) is 30.7 Å². The van der Waals surface area contributed by atoms with Gasteiger partial charge in [-0.15, -0.1) is 0 Å². The highest BCUT2D eigenvalue weighted by Gasteiger charge is 2.58. The fourth-order valence-corrected chi connectivity index (χ4v) is 7.46. The topological polar surface area (TPSA) is 50.7 Å². The molecule has 5 rings (SSSR count). The van der Waals surface area contributed by atoms with Crippen molar-refractivity contribution in [3.05, 3.63) is 11.6 Å². The fraction of sp³-hybridized carbons (Fsp3) is 0.833. The minimum atomic E-state index is -0.0112. The summed E-state index contributed by atoms with van der Waals surface area (Å²) in [5, 5.41) is 7.96. The van der Waals surface area contributed by atoms with E-state index >= 15 is 0 Å². The highest BCUT2D eigenvalue weighted by molar-refractivity contribution is 5.96. The van der Waals surface area contributed by atoms with Gasteiger partial charge in [0.25, 0.3) is 0 Å². The molecule has 0 aromatic rings. The molecule has 0 bridgehead atoms. The number of hydrogen-bond donors (Lipinski definition) is 1. The van der Waals surface area contributed by atoms with Gasteiger partial charge in [-0.05, 0) is 100 Å². The second-order valence-corrected chi connectivity index (χ2v) is 10.6. The van der Waals surface area contributed by atoms with Crippen molar-refractivity contribution in [1.29, 1.82) is 0 Å². The predicted molar refractivity (Wildman–Crippen MR) is 111 cm³/mol. The number of nitrogens with one attached hydrogen (secondary N) is 1. The van der Waals surface area contributed by atoms with Crippen LogP contribution in [0.5, 0.6) is 0 Å². The Bertz CT molecular complexity index is 707. The number of piperidine rings is 1. The Hall–Kier alpha value is -1.16. The fourth-order valence-electron chi connectivity index (χ4n) is 7.46. The Morgan fingerprint density at radius 3 is 2.57 bits per heavy atom. The smallest absolute Gasteiger partial charge is 0.139 e. The van der Waals surface area contributed by atoms with Gasteiger partial charge in [-0.2, -0.15) is 0 Å². The molecule has 1 N–H and O–H groups in total. The molecule has 0 amide bonds. The summed E-state index contributed by atoms with van der Waals surface area (Å²) in [4.78, 5) is 18.5. The third-order valence-electron chi connectivity index (χ3n) is 9.29. The van der Waals surface area contributed by atoms with Crippen molar-refractivity contribution in [1.82, 2.24) is 5.32 Å². The maximum Gasteiger partial charge on any atom is 0.139 e. The lowest BCUT2D eigenvalue weighted by molar-refractivity contribution is -0.132. The zero-order chi connectivity index (χ0) is 19.4. The third kappa shape index (κ3) is 2.89. The van der Waals surface area contributed by atoms with Crippen LogP contribution >= 0.6 is 0 Å². The van der Waals surface area contributed by atoms with Crippen LogP contribution in [0.15, 0.2) is 16.8 Å². The average molecular weight is 385 g/mol. The molecule has 3 unspecified atom stereocenters. The molecule has 0 radical (unpaired) electrons. The zero-order valence-electron chi connectivity index (χ0n) is 17.6. The third-order valence-corrected chi connectivity index (χ3v) is 9.29. The van der Waals surface area contributed by atoms with Gasteiger partial charge in [-0.1, -0.05) is 24.6 Å². The van der Waals surface area contributed by atoms with Crippen LogP contribution < -0.4 is 5.32 Å². The monoisotopic (exact) mass is 384 g/mol. The molecule has 3 saturated carbocycles. The Balaban J connectivity index is 1.33. The van der Waals surface area contributed by atoms with E-state index < -0.39 is 0 Å². The SMILES string of the molecule is C[C@]12CCC(=NOC3CCNCC3)C=C1CCC1C2CC[C@]2(C)C(=O)CCC12. The maximum atomic E-state index is 12.6. The maximum absolute atomic E-state index is 12.6. The van der Waals surface area contributed by atoms with E-state index in [9.17, 15) is 4.79 Å². The molecule has 5 atom stereocenters. The number of ketones is 1. The number of oxime groups is 1. The van der Waals surface area contributed by atoms with Gasteiger partial charge >= 0.3 is 0 Å². The molecule has 0 spiro atoms. The summed E-state index contributed by atoms with van der Waals surface area (Å²) < 4.78 is 0. The standard InChI is InChI=1S/C24H36N2O2/c1-23-11-7-17(26-28-18-9-13-25-14-10-18)15-16(23)3-4-19-20-5-6-22(27)24(20,2)12-8-21(19)23/h15,18-21,25H,3-14H2,1-2H3/t19?,20?,21?,23-,24-/m0/s1. The molecule has 4 aliphatic carbocycles. The summed E-state index contributed by atoms with van der Waals surface area (Å²) in [7, 11) is 0. The minimum absolute atomic E-state index is 0.0112. The number of allylic oxidation sites excluding steroid dienone is 2. The van der Waals surface area contributed by atoms with Crippen molar-refractivity contribution in [3.8, 4) is 0 Å². The molecule has 4 nitrogen and oxygen atoms in total. The second-order valence-electron chi connectivity index (χ2n) is 10.6.